The number of nitrogens with zero attached hydrogens (tertiary/aromatic N) is 1. The molecule has 4 rings (SSSR count). The van der Waals surface area contributed by atoms with E-state index in [2.05, 4.69) is 10.3 Å². The smallest absolute Gasteiger partial charge is 0.268 e. The molecule has 0 bridgehead atoms. The highest BCUT2D eigenvalue weighted by atomic mass is 32.2. The van der Waals surface area contributed by atoms with E-state index in [0.29, 0.717) is 26.1 Å². The summed E-state index contributed by atoms with van der Waals surface area (Å²) in [5.41, 5.74) is 1.18. The van der Waals surface area contributed by atoms with E-state index in [0.717, 1.165) is 24.2 Å². The van der Waals surface area contributed by atoms with Crippen molar-refractivity contribution in [1.29, 1.82) is 0 Å². The summed E-state index contributed by atoms with van der Waals surface area (Å²) in [6.45, 7) is 1.60. The molecule has 1 unspecified atom stereocenters. The Kier molecular flexibility index (Phi) is 4.46. The van der Waals surface area contributed by atoms with Gasteiger partial charge in [-0.05, 0) is 25.0 Å². The van der Waals surface area contributed by atoms with Crippen molar-refractivity contribution in [3.63, 3.8) is 0 Å². The van der Waals surface area contributed by atoms with Gasteiger partial charge in [0.2, 0.25) is 10.0 Å². The molecule has 7 nitrogen and oxygen atoms in total. The van der Waals surface area contributed by atoms with Gasteiger partial charge in [0.25, 0.3) is 5.91 Å². The molecule has 0 saturated carbocycles. The highest BCUT2D eigenvalue weighted by Crippen LogP contribution is 2.31. The molecule has 2 aliphatic heterocycles. The molecule has 1 amide bonds. The molecular weight excluding hydrogens is 354 g/mol. The molecule has 2 aliphatic rings. The average Bonchev–Trinajstić information content (AvgIpc) is 3.34. The van der Waals surface area contributed by atoms with Gasteiger partial charge >= 0.3 is 0 Å². The number of carbonyl (C=O) groups is 1. The van der Waals surface area contributed by atoms with Gasteiger partial charge in [-0.15, -0.1) is 0 Å². The van der Waals surface area contributed by atoms with Gasteiger partial charge in [-0.2, -0.15) is 4.31 Å². The average molecular weight is 375 g/mol. The molecule has 2 aromatic rings. The number of hydrogen-bond acceptors (Lipinski definition) is 4. The van der Waals surface area contributed by atoms with E-state index in [1.807, 2.05) is 24.3 Å². The van der Waals surface area contributed by atoms with Crippen molar-refractivity contribution in [3.8, 4) is 5.75 Å². The van der Waals surface area contributed by atoms with Crippen LogP contribution in [-0.4, -0.2) is 43.3 Å². The number of para-hydroxylation sites is 1. The molecule has 138 valence electrons. The zero-order chi connectivity index (χ0) is 18.1. The van der Waals surface area contributed by atoms with Crippen molar-refractivity contribution in [2.75, 3.05) is 19.7 Å². The first kappa shape index (κ1) is 17.1. The predicted octanol–water partition coefficient (Wildman–Crippen LogP) is 2.05. The van der Waals surface area contributed by atoms with Crippen LogP contribution in [0.25, 0.3) is 0 Å². The van der Waals surface area contributed by atoms with E-state index < -0.39 is 10.0 Å². The van der Waals surface area contributed by atoms with Crippen molar-refractivity contribution in [2.45, 2.75) is 30.2 Å². The van der Waals surface area contributed by atoms with Crippen LogP contribution < -0.4 is 10.1 Å². The molecule has 0 radical (unpaired) electrons. The lowest BCUT2D eigenvalue weighted by molar-refractivity contribution is 0.0920. The van der Waals surface area contributed by atoms with Crippen LogP contribution in [-0.2, 0) is 10.0 Å². The first-order valence-corrected chi connectivity index (χ1v) is 10.2. The van der Waals surface area contributed by atoms with Crippen LogP contribution in [0.4, 0.5) is 0 Å². The van der Waals surface area contributed by atoms with Crippen LogP contribution in [0.1, 0.15) is 41.4 Å². The predicted molar refractivity (Wildman–Crippen MR) is 95.5 cm³/mol. The largest absolute Gasteiger partial charge is 0.493 e. The van der Waals surface area contributed by atoms with E-state index in [4.69, 9.17) is 4.74 Å². The highest BCUT2D eigenvalue weighted by Gasteiger charge is 2.29. The van der Waals surface area contributed by atoms with Crippen molar-refractivity contribution >= 4 is 15.9 Å². The van der Waals surface area contributed by atoms with E-state index in [-0.39, 0.29) is 22.5 Å². The zero-order valence-electron chi connectivity index (χ0n) is 14.3. The fourth-order valence-corrected chi connectivity index (χ4v) is 4.97. The first-order valence-electron chi connectivity index (χ1n) is 8.77. The number of sulfonamides is 1. The van der Waals surface area contributed by atoms with E-state index in [9.17, 15) is 13.2 Å². The number of H-pyrrole nitrogens is 1. The number of aromatic amines is 1. The number of hydrogen-bond donors (Lipinski definition) is 2. The molecule has 1 atom stereocenters. The van der Waals surface area contributed by atoms with Gasteiger partial charge in [0.05, 0.1) is 12.6 Å². The summed E-state index contributed by atoms with van der Waals surface area (Å²) in [5.74, 6) is 0.447. The molecule has 1 aromatic carbocycles. The minimum Gasteiger partial charge on any atom is -0.493 e. The Morgan fingerprint density at radius 3 is 2.81 bits per heavy atom. The minimum absolute atomic E-state index is 0.136. The Balaban J connectivity index is 1.51. The number of ether oxygens (including phenoxy) is 1. The SMILES string of the molecule is O=C(NC1CCOc2ccccc21)c1cc(S(=O)(=O)N2CCCC2)c[nH]1. The Hall–Kier alpha value is -2.32. The van der Waals surface area contributed by atoms with Gasteiger partial charge in [0, 0.05) is 31.3 Å². The molecule has 3 heterocycles. The third-order valence-electron chi connectivity index (χ3n) is 4.87. The molecule has 0 spiro atoms. The highest BCUT2D eigenvalue weighted by molar-refractivity contribution is 7.89. The quantitative estimate of drug-likeness (QED) is 0.856. The molecule has 0 aliphatic carbocycles. The van der Waals surface area contributed by atoms with Gasteiger partial charge < -0.3 is 15.0 Å². The van der Waals surface area contributed by atoms with Gasteiger partial charge in [-0.1, -0.05) is 18.2 Å². The maximum Gasteiger partial charge on any atom is 0.268 e. The normalized spacial score (nSPS) is 20.4. The summed E-state index contributed by atoms with van der Waals surface area (Å²) in [6, 6.07) is 8.86. The van der Waals surface area contributed by atoms with Crippen molar-refractivity contribution in [1.82, 2.24) is 14.6 Å². The number of rotatable bonds is 4. The van der Waals surface area contributed by atoms with E-state index >= 15 is 0 Å². The Morgan fingerprint density at radius 1 is 1.23 bits per heavy atom. The molecule has 1 aromatic heterocycles. The Morgan fingerprint density at radius 2 is 2.00 bits per heavy atom. The Bertz CT molecular complexity index is 916. The number of nitrogens with one attached hydrogen (secondary N) is 2. The zero-order valence-corrected chi connectivity index (χ0v) is 15.1. The van der Waals surface area contributed by atoms with Crippen molar-refractivity contribution in [3.05, 3.63) is 47.8 Å². The fourth-order valence-electron chi connectivity index (χ4n) is 3.46. The number of amides is 1. The molecule has 26 heavy (non-hydrogen) atoms. The van der Waals surface area contributed by atoms with Gasteiger partial charge in [-0.3, -0.25) is 4.79 Å². The fraction of sp³-hybridized carbons (Fsp3) is 0.389. The van der Waals surface area contributed by atoms with Gasteiger partial charge in [0.1, 0.15) is 16.3 Å². The van der Waals surface area contributed by atoms with Crippen LogP contribution in [0.2, 0.25) is 0 Å². The maximum absolute atomic E-state index is 12.6. The van der Waals surface area contributed by atoms with Gasteiger partial charge in [0.15, 0.2) is 0 Å². The third-order valence-corrected chi connectivity index (χ3v) is 6.74. The number of aromatic nitrogens is 1. The molecule has 2 N–H and O–H groups in total. The second-order valence-corrected chi connectivity index (χ2v) is 8.50. The third kappa shape index (κ3) is 3.10. The van der Waals surface area contributed by atoms with Crippen LogP contribution in [0.15, 0.2) is 41.4 Å². The minimum atomic E-state index is -3.53. The summed E-state index contributed by atoms with van der Waals surface area (Å²) in [4.78, 5) is 15.5. The summed E-state index contributed by atoms with van der Waals surface area (Å²) < 4.78 is 32.2. The van der Waals surface area contributed by atoms with Crippen LogP contribution in [0.5, 0.6) is 5.75 Å². The second kappa shape index (κ2) is 6.77. The lowest BCUT2D eigenvalue weighted by atomic mass is 10.0. The van der Waals surface area contributed by atoms with Crippen molar-refractivity contribution in [2.24, 2.45) is 0 Å². The molecule has 8 heteroatoms. The summed E-state index contributed by atoms with van der Waals surface area (Å²) >= 11 is 0. The maximum atomic E-state index is 12.6. The Labute approximate surface area is 152 Å². The number of carbonyl (C=O) groups excluding carboxylic acids is 1. The molecular formula is C18H21N3O4S. The van der Waals surface area contributed by atoms with Gasteiger partial charge in [-0.25, -0.2) is 8.42 Å². The summed E-state index contributed by atoms with van der Waals surface area (Å²) in [7, 11) is -3.53. The summed E-state index contributed by atoms with van der Waals surface area (Å²) in [6.07, 6.45) is 3.81. The van der Waals surface area contributed by atoms with Crippen LogP contribution >= 0.6 is 0 Å². The van der Waals surface area contributed by atoms with Crippen molar-refractivity contribution < 1.29 is 17.9 Å². The van der Waals surface area contributed by atoms with Crippen LogP contribution in [0.3, 0.4) is 0 Å². The number of benzene rings is 1. The first-order chi connectivity index (χ1) is 12.6. The lowest BCUT2D eigenvalue weighted by Gasteiger charge is -2.26. The van der Waals surface area contributed by atoms with E-state index in [1.165, 1.54) is 16.6 Å². The monoisotopic (exact) mass is 375 g/mol. The van der Waals surface area contributed by atoms with Crippen LogP contribution in [0, 0.1) is 0 Å². The topological polar surface area (TPSA) is 91.5 Å². The molecule has 1 fully saturated rings. The number of fused-ring (bicyclic) bond motifs is 1. The molecule has 1 saturated heterocycles. The van der Waals surface area contributed by atoms with E-state index in [1.54, 1.807) is 0 Å². The lowest BCUT2D eigenvalue weighted by Crippen LogP contribution is -2.32. The summed E-state index contributed by atoms with van der Waals surface area (Å²) in [5, 5.41) is 2.97. The standard InChI is InChI=1S/C18H21N3O4S/c22-18(20-15-7-10-25-17-6-2-1-5-14(15)17)16-11-13(12-19-16)26(23,24)21-8-3-4-9-21/h1-2,5-6,11-12,15,19H,3-4,7-10H2,(H,20,22). The second-order valence-electron chi connectivity index (χ2n) is 6.56.